The summed E-state index contributed by atoms with van der Waals surface area (Å²) in [6.07, 6.45) is 15.5. The maximum Gasteiger partial charge on any atom is 0.0361 e. The molecule has 3 N–H and O–H groups in total. The average molecular weight is 539 g/mol. The predicted octanol–water partition coefficient (Wildman–Crippen LogP) is 11.5. The highest BCUT2D eigenvalue weighted by molar-refractivity contribution is 7.26. The third-order valence-corrected chi connectivity index (χ3v) is 9.43. The number of fused-ring (bicyclic) bond motifs is 5. The Hall–Kier alpha value is -2.62. The minimum Gasteiger partial charge on any atom is -0.385 e. The molecule has 0 spiro atoms. The van der Waals surface area contributed by atoms with E-state index < -0.39 is 0 Å². The molecule has 0 radical (unpaired) electrons. The van der Waals surface area contributed by atoms with Crippen molar-refractivity contribution < 1.29 is 0 Å². The van der Waals surface area contributed by atoms with Gasteiger partial charge in [-0.15, -0.1) is 11.3 Å². The van der Waals surface area contributed by atoms with Gasteiger partial charge in [-0.2, -0.15) is 0 Å². The fourth-order valence-electron chi connectivity index (χ4n) is 5.89. The van der Waals surface area contributed by atoms with Crippen LogP contribution in [0.3, 0.4) is 0 Å². The van der Waals surface area contributed by atoms with Crippen LogP contribution in [0.5, 0.6) is 0 Å². The van der Waals surface area contributed by atoms with Gasteiger partial charge in [0.2, 0.25) is 0 Å². The van der Waals surface area contributed by atoms with Crippen LogP contribution in [0.2, 0.25) is 0 Å². The Labute approximate surface area is 239 Å². The molecule has 0 aliphatic carbocycles. The zero-order valence-electron chi connectivity index (χ0n) is 24.0. The van der Waals surface area contributed by atoms with E-state index in [1.54, 1.807) is 0 Å². The molecular formula is C36H46N2S. The van der Waals surface area contributed by atoms with Crippen molar-refractivity contribution in [1.29, 1.82) is 0 Å². The van der Waals surface area contributed by atoms with Crippen LogP contribution in [0.25, 0.3) is 41.7 Å². The van der Waals surface area contributed by atoms with E-state index in [1.165, 1.54) is 124 Å². The fourth-order valence-corrected chi connectivity index (χ4v) is 7.06. The summed E-state index contributed by atoms with van der Waals surface area (Å²) in [4.78, 5) is 0. The van der Waals surface area contributed by atoms with E-state index in [9.17, 15) is 0 Å². The molecule has 1 atom stereocenters. The van der Waals surface area contributed by atoms with Crippen molar-refractivity contribution in [3.8, 4) is 0 Å². The molecule has 39 heavy (non-hydrogen) atoms. The van der Waals surface area contributed by atoms with Crippen LogP contribution in [0, 0.1) is 0 Å². The summed E-state index contributed by atoms with van der Waals surface area (Å²) in [6.45, 7) is 5.60. The molecule has 0 aliphatic heterocycles. The van der Waals surface area contributed by atoms with Crippen molar-refractivity contribution in [3.05, 3.63) is 66.2 Å². The number of nitrogens with two attached hydrogens (primary N) is 1. The average Bonchev–Trinajstić information content (AvgIpc) is 3.29. The van der Waals surface area contributed by atoms with Crippen LogP contribution in [0.15, 0.2) is 60.7 Å². The van der Waals surface area contributed by atoms with E-state index in [0.29, 0.717) is 0 Å². The van der Waals surface area contributed by atoms with Crippen LogP contribution in [-0.2, 0) is 0 Å². The Bertz CT molecular complexity index is 1520. The number of hydrogen-bond donors (Lipinski definition) is 2. The molecular weight excluding hydrogens is 492 g/mol. The first kappa shape index (κ1) is 27.9. The van der Waals surface area contributed by atoms with E-state index in [0.717, 1.165) is 13.0 Å². The van der Waals surface area contributed by atoms with Crippen molar-refractivity contribution in [2.75, 3.05) is 11.9 Å². The number of nitrogens with one attached hydrogen (secondary N) is 1. The van der Waals surface area contributed by atoms with Crippen molar-refractivity contribution in [2.24, 2.45) is 5.73 Å². The highest BCUT2D eigenvalue weighted by Crippen LogP contribution is 2.39. The third kappa shape index (κ3) is 6.94. The van der Waals surface area contributed by atoms with E-state index >= 15 is 0 Å². The molecule has 4 aromatic carbocycles. The minimum atomic E-state index is 0.128. The first-order chi connectivity index (χ1) is 19.2. The van der Waals surface area contributed by atoms with Gasteiger partial charge in [-0.05, 0) is 82.4 Å². The molecule has 5 aromatic rings. The summed E-state index contributed by atoms with van der Waals surface area (Å²) in [5.74, 6) is 0. The summed E-state index contributed by atoms with van der Waals surface area (Å²) >= 11 is 1.91. The van der Waals surface area contributed by atoms with Gasteiger partial charge in [0.15, 0.2) is 0 Å². The number of thiophene rings is 1. The molecule has 5 rings (SSSR count). The largest absolute Gasteiger partial charge is 0.385 e. The Balaban J connectivity index is 1.32. The Kier molecular flexibility index (Phi) is 9.76. The summed E-state index contributed by atoms with van der Waals surface area (Å²) in [6, 6.07) is 23.3. The van der Waals surface area contributed by atoms with Crippen LogP contribution in [0.4, 0.5) is 5.69 Å². The van der Waals surface area contributed by atoms with Gasteiger partial charge in [0, 0.05) is 38.4 Å². The third-order valence-electron chi connectivity index (χ3n) is 8.32. The fraction of sp³-hybridized carbons (Fsp3) is 0.444. The lowest BCUT2D eigenvalue weighted by Gasteiger charge is -2.13. The highest BCUT2D eigenvalue weighted by Gasteiger charge is 2.11. The molecule has 0 fully saturated rings. The van der Waals surface area contributed by atoms with Gasteiger partial charge >= 0.3 is 0 Å². The minimum absolute atomic E-state index is 0.128. The Morgan fingerprint density at radius 3 is 1.90 bits per heavy atom. The summed E-state index contributed by atoms with van der Waals surface area (Å²) in [5.41, 5.74) is 9.11. The lowest BCUT2D eigenvalue weighted by atomic mass is 9.97. The van der Waals surface area contributed by atoms with Gasteiger partial charge in [0.05, 0.1) is 0 Å². The SMILES string of the molecule is CCCCCCCCNc1ccc2cc3c(cc2c1)sc1cc2cc(C(N)CCCCCCC)ccc2cc13. The van der Waals surface area contributed by atoms with Crippen molar-refractivity contribution in [1.82, 2.24) is 0 Å². The number of benzene rings is 4. The van der Waals surface area contributed by atoms with Gasteiger partial charge in [0.25, 0.3) is 0 Å². The van der Waals surface area contributed by atoms with Gasteiger partial charge in [-0.3, -0.25) is 0 Å². The van der Waals surface area contributed by atoms with Crippen molar-refractivity contribution in [2.45, 2.75) is 96.9 Å². The molecule has 2 nitrogen and oxygen atoms in total. The molecule has 3 heteroatoms. The van der Waals surface area contributed by atoms with E-state index in [-0.39, 0.29) is 6.04 Å². The smallest absolute Gasteiger partial charge is 0.0361 e. The second-order valence-electron chi connectivity index (χ2n) is 11.5. The lowest BCUT2D eigenvalue weighted by Crippen LogP contribution is -2.09. The van der Waals surface area contributed by atoms with Crippen LogP contribution in [0.1, 0.15) is 103 Å². The summed E-state index contributed by atoms with van der Waals surface area (Å²) in [7, 11) is 0. The van der Waals surface area contributed by atoms with Gasteiger partial charge in [0.1, 0.15) is 0 Å². The van der Waals surface area contributed by atoms with Crippen molar-refractivity contribution >= 4 is 58.7 Å². The molecule has 0 bridgehead atoms. The molecule has 1 unspecified atom stereocenters. The molecule has 0 saturated carbocycles. The van der Waals surface area contributed by atoms with Gasteiger partial charge in [-0.1, -0.05) is 96.3 Å². The molecule has 1 aromatic heterocycles. The number of anilines is 1. The number of unbranched alkanes of at least 4 members (excludes halogenated alkanes) is 9. The number of rotatable bonds is 15. The monoisotopic (exact) mass is 538 g/mol. The maximum absolute atomic E-state index is 6.60. The lowest BCUT2D eigenvalue weighted by molar-refractivity contribution is 0.555. The molecule has 0 amide bonds. The van der Waals surface area contributed by atoms with E-state index in [1.807, 2.05) is 11.3 Å². The van der Waals surface area contributed by atoms with Crippen LogP contribution < -0.4 is 11.1 Å². The zero-order valence-corrected chi connectivity index (χ0v) is 24.8. The Morgan fingerprint density at radius 1 is 0.615 bits per heavy atom. The predicted molar refractivity (Wildman–Crippen MR) is 177 cm³/mol. The normalized spacial score (nSPS) is 12.7. The Morgan fingerprint density at radius 2 is 1.21 bits per heavy atom. The second kappa shape index (κ2) is 13.6. The van der Waals surface area contributed by atoms with Crippen LogP contribution in [-0.4, -0.2) is 6.54 Å². The topological polar surface area (TPSA) is 38.0 Å². The standard InChI is InChI=1S/C36H46N2S/c1-3-5-7-9-11-13-19-38-31-18-17-27-23-33-32-22-26-15-16-28(34(37)14-12-10-8-6-4-2)20-29(26)24-35(32)39-36(33)25-30(27)21-31/h15-18,20-25,34,38H,3-14,19,37H2,1-2H3. The highest BCUT2D eigenvalue weighted by atomic mass is 32.1. The van der Waals surface area contributed by atoms with E-state index in [2.05, 4.69) is 79.8 Å². The van der Waals surface area contributed by atoms with E-state index in [4.69, 9.17) is 5.73 Å². The van der Waals surface area contributed by atoms with Gasteiger partial charge in [-0.25, -0.2) is 0 Å². The first-order valence-corrected chi connectivity index (χ1v) is 16.3. The van der Waals surface area contributed by atoms with Crippen molar-refractivity contribution in [3.63, 3.8) is 0 Å². The van der Waals surface area contributed by atoms with Gasteiger partial charge < -0.3 is 11.1 Å². The maximum atomic E-state index is 6.60. The molecule has 0 aliphatic rings. The summed E-state index contributed by atoms with van der Waals surface area (Å²) < 4.78 is 2.73. The van der Waals surface area contributed by atoms with Crippen LogP contribution >= 0.6 is 11.3 Å². The molecule has 206 valence electrons. The number of hydrogen-bond acceptors (Lipinski definition) is 3. The zero-order chi connectivity index (χ0) is 27.0. The molecule has 0 saturated heterocycles. The molecule has 1 heterocycles. The summed E-state index contributed by atoms with van der Waals surface area (Å²) in [5, 5.41) is 11.6. The first-order valence-electron chi connectivity index (χ1n) is 15.5. The quantitative estimate of drug-likeness (QED) is 0.130. The second-order valence-corrected chi connectivity index (χ2v) is 12.6.